The average Bonchev–Trinajstić information content (AvgIpc) is 2.45. The number of amides is 1. The Balaban J connectivity index is 2.98. The molecule has 19 heavy (non-hydrogen) atoms. The molecule has 0 aliphatic rings. The zero-order valence-corrected chi connectivity index (χ0v) is 13.4. The van der Waals surface area contributed by atoms with E-state index in [-0.39, 0.29) is 5.91 Å². The van der Waals surface area contributed by atoms with E-state index >= 15 is 0 Å². The number of alkyl halides is 1. The molecule has 0 radical (unpaired) electrons. The van der Waals surface area contributed by atoms with Crippen molar-refractivity contribution in [2.75, 3.05) is 32.3 Å². The van der Waals surface area contributed by atoms with E-state index in [0.29, 0.717) is 29.4 Å². The van der Waals surface area contributed by atoms with Crippen LogP contribution in [0.3, 0.4) is 0 Å². The normalized spacial score (nSPS) is 9.89. The molecule has 0 fully saturated rings. The Bertz CT molecular complexity index is 412. The van der Waals surface area contributed by atoms with Crippen molar-refractivity contribution < 1.29 is 19.0 Å². The van der Waals surface area contributed by atoms with Crippen LogP contribution in [0.2, 0.25) is 0 Å². The summed E-state index contributed by atoms with van der Waals surface area (Å²) in [4.78, 5) is 12.0. The number of rotatable bonds is 7. The van der Waals surface area contributed by atoms with Crippen molar-refractivity contribution >= 4 is 28.5 Å². The molecule has 0 bridgehead atoms. The summed E-state index contributed by atoms with van der Waals surface area (Å²) in [5.41, 5.74) is 0.489. The summed E-state index contributed by atoms with van der Waals surface area (Å²) in [5, 5.41) is 2.84. The molecule has 106 valence electrons. The summed E-state index contributed by atoms with van der Waals surface area (Å²) in [6, 6.07) is 3.28. The number of carbonyl (C=O) groups is 1. The average molecular weight is 379 g/mol. The number of hydrogen-bond acceptors (Lipinski definition) is 4. The molecule has 1 amide bonds. The molecule has 0 saturated heterocycles. The third kappa shape index (κ3) is 4.15. The Hall–Kier alpha value is -1.18. The molecule has 1 aromatic carbocycles. The van der Waals surface area contributed by atoms with Crippen molar-refractivity contribution in [1.82, 2.24) is 5.32 Å². The third-order valence-electron chi connectivity index (χ3n) is 2.52. The van der Waals surface area contributed by atoms with Gasteiger partial charge in [0.1, 0.15) is 0 Å². The van der Waals surface area contributed by atoms with Gasteiger partial charge in [0.15, 0.2) is 11.5 Å². The standard InChI is InChI=1S/C13H18INO4/c1-17-10-7-9(13(16)15-6-4-5-14)8-11(18-2)12(10)19-3/h7-8H,4-6H2,1-3H3,(H,15,16). The second kappa shape index (κ2) is 8.08. The van der Waals surface area contributed by atoms with E-state index in [1.165, 1.54) is 21.3 Å². The third-order valence-corrected chi connectivity index (χ3v) is 3.29. The first-order valence-corrected chi connectivity index (χ1v) is 7.34. The van der Waals surface area contributed by atoms with E-state index in [4.69, 9.17) is 14.2 Å². The maximum absolute atomic E-state index is 12.0. The van der Waals surface area contributed by atoms with Gasteiger partial charge >= 0.3 is 0 Å². The predicted molar refractivity (Wildman–Crippen MR) is 81.9 cm³/mol. The molecule has 5 nitrogen and oxygen atoms in total. The van der Waals surface area contributed by atoms with Gasteiger partial charge in [0.25, 0.3) is 5.91 Å². The van der Waals surface area contributed by atoms with Crippen LogP contribution in [0.25, 0.3) is 0 Å². The van der Waals surface area contributed by atoms with Gasteiger partial charge in [0.2, 0.25) is 5.75 Å². The van der Waals surface area contributed by atoms with Crippen LogP contribution in [0.15, 0.2) is 12.1 Å². The molecule has 6 heteroatoms. The van der Waals surface area contributed by atoms with E-state index < -0.39 is 0 Å². The largest absolute Gasteiger partial charge is 0.493 e. The van der Waals surface area contributed by atoms with Gasteiger partial charge < -0.3 is 19.5 Å². The summed E-state index contributed by atoms with van der Waals surface area (Å²) >= 11 is 2.27. The van der Waals surface area contributed by atoms with Gasteiger partial charge in [0, 0.05) is 16.5 Å². The lowest BCUT2D eigenvalue weighted by molar-refractivity contribution is 0.0953. The monoisotopic (exact) mass is 379 g/mol. The van der Waals surface area contributed by atoms with Gasteiger partial charge in [-0.25, -0.2) is 0 Å². The number of hydrogen-bond donors (Lipinski definition) is 1. The number of halogens is 1. The summed E-state index contributed by atoms with van der Waals surface area (Å²) in [5.74, 6) is 1.28. The Kier molecular flexibility index (Phi) is 6.75. The fraction of sp³-hybridized carbons (Fsp3) is 0.462. The highest BCUT2D eigenvalue weighted by molar-refractivity contribution is 14.1. The molecule has 0 aromatic heterocycles. The lowest BCUT2D eigenvalue weighted by atomic mass is 10.1. The molecule has 0 saturated carbocycles. The zero-order valence-electron chi connectivity index (χ0n) is 11.3. The van der Waals surface area contributed by atoms with Gasteiger partial charge in [0.05, 0.1) is 21.3 Å². The summed E-state index contributed by atoms with van der Waals surface area (Å²) < 4.78 is 16.6. The van der Waals surface area contributed by atoms with Crippen LogP contribution >= 0.6 is 22.6 Å². The lowest BCUT2D eigenvalue weighted by Crippen LogP contribution is -2.24. The van der Waals surface area contributed by atoms with Crippen LogP contribution in [0.1, 0.15) is 16.8 Å². The van der Waals surface area contributed by atoms with E-state index in [0.717, 1.165) is 10.8 Å². The summed E-state index contributed by atoms with van der Waals surface area (Å²) in [7, 11) is 4.57. The highest BCUT2D eigenvalue weighted by atomic mass is 127. The van der Waals surface area contributed by atoms with Crippen LogP contribution in [-0.2, 0) is 0 Å². The molecule has 0 atom stereocenters. The number of carbonyl (C=O) groups excluding carboxylic acids is 1. The first-order valence-electron chi connectivity index (χ1n) is 5.82. The lowest BCUT2D eigenvalue weighted by Gasteiger charge is -2.14. The quantitative estimate of drug-likeness (QED) is 0.449. The first kappa shape index (κ1) is 15.9. The highest BCUT2D eigenvalue weighted by Crippen LogP contribution is 2.38. The van der Waals surface area contributed by atoms with E-state index in [9.17, 15) is 4.79 Å². The van der Waals surface area contributed by atoms with Gasteiger partial charge in [-0.2, -0.15) is 0 Å². The smallest absolute Gasteiger partial charge is 0.251 e. The molecule has 0 heterocycles. The SMILES string of the molecule is COc1cc(C(=O)NCCCI)cc(OC)c1OC. The van der Waals surface area contributed by atoms with Crippen molar-refractivity contribution in [3.05, 3.63) is 17.7 Å². The molecule has 0 aliphatic carbocycles. The Labute approximate surface area is 126 Å². The molecule has 0 aliphatic heterocycles. The van der Waals surface area contributed by atoms with Crippen molar-refractivity contribution in [1.29, 1.82) is 0 Å². The van der Waals surface area contributed by atoms with Gasteiger partial charge in [-0.1, -0.05) is 22.6 Å². The van der Waals surface area contributed by atoms with Crippen LogP contribution in [0, 0.1) is 0 Å². The summed E-state index contributed by atoms with van der Waals surface area (Å²) in [6.07, 6.45) is 0.941. The Morgan fingerprint density at radius 1 is 1.16 bits per heavy atom. The number of ether oxygens (including phenoxy) is 3. The molecular weight excluding hydrogens is 361 g/mol. The number of methoxy groups -OCH3 is 3. The van der Waals surface area contributed by atoms with Crippen molar-refractivity contribution in [3.63, 3.8) is 0 Å². The fourth-order valence-electron chi connectivity index (χ4n) is 1.58. The minimum absolute atomic E-state index is 0.149. The van der Waals surface area contributed by atoms with E-state index in [2.05, 4.69) is 27.9 Å². The predicted octanol–water partition coefficient (Wildman–Crippen LogP) is 2.27. The second-order valence-electron chi connectivity index (χ2n) is 3.71. The van der Waals surface area contributed by atoms with Gasteiger partial charge in [-0.15, -0.1) is 0 Å². The minimum atomic E-state index is -0.149. The van der Waals surface area contributed by atoms with Crippen molar-refractivity contribution in [2.24, 2.45) is 0 Å². The number of benzene rings is 1. The molecule has 1 N–H and O–H groups in total. The summed E-state index contributed by atoms with van der Waals surface area (Å²) in [6.45, 7) is 0.651. The fourth-order valence-corrected chi connectivity index (χ4v) is 1.96. The van der Waals surface area contributed by atoms with Crippen molar-refractivity contribution in [3.8, 4) is 17.2 Å². The second-order valence-corrected chi connectivity index (χ2v) is 4.79. The van der Waals surface area contributed by atoms with Crippen LogP contribution in [-0.4, -0.2) is 38.2 Å². The van der Waals surface area contributed by atoms with E-state index in [1.54, 1.807) is 12.1 Å². The van der Waals surface area contributed by atoms with E-state index in [1.807, 2.05) is 0 Å². The maximum Gasteiger partial charge on any atom is 0.251 e. The maximum atomic E-state index is 12.0. The molecule has 1 aromatic rings. The Morgan fingerprint density at radius 3 is 2.16 bits per heavy atom. The topological polar surface area (TPSA) is 56.8 Å². The van der Waals surface area contributed by atoms with Crippen molar-refractivity contribution in [2.45, 2.75) is 6.42 Å². The molecule has 1 rings (SSSR count). The Morgan fingerprint density at radius 2 is 1.74 bits per heavy atom. The van der Waals surface area contributed by atoms with Gasteiger partial charge in [-0.05, 0) is 18.6 Å². The van der Waals surface area contributed by atoms with Crippen LogP contribution in [0.5, 0.6) is 17.2 Å². The van der Waals surface area contributed by atoms with Gasteiger partial charge in [-0.3, -0.25) is 4.79 Å². The van der Waals surface area contributed by atoms with Crippen LogP contribution < -0.4 is 19.5 Å². The minimum Gasteiger partial charge on any atom is -0.493 e. The highest BCUT2D eigenvalue weighted by Gasteiger charge is 2.16. The molecular formula is C13H18INO4. The zero-order chi connectivity index (χ0) is 14.3. The molecule has 0 unspecified atom stereocenters. The van der Waals surface area contributed by atoms with Crippen LogP contribution in [0.4, 0.5) is 0 Å². The first-order chi connectivity index (χ1) is 9.17. The molecule has 0 spiro atoms. The number of nitrogens with one attached hydrogen (secondary N) is 1.